The van der Waals surface area contributed by atoms with Crippen LogP contribution in [0.1, 0.15) is 13.3 Å². The molecule has 3 aromatic rings. The molecule has 1 unspecified atom stereocenters. The highest BCUT2D eigenvalue weighted by molar-refractivity contribution is 6.31. The third-order valence-electron chi connectivity index (χ3n) is 4.20. The summed E-state index contributed by atoms with van der Waals surface area (Å²) in [5.74, 6) is 1.07. The maximum absolute atomic E-state index is 10.2. The third kappa shape index (κ3) is 4.69. The second-order valence-corrected chi connectivity index (χ2v) is 7.05. The van der Waals surface area contributed by atoms with Crippen LogP contribution in [-0.4, -0.2) is 27.7 Å². The maximum Gasteiger partial charge on any atom is 0.165 e. The number of nitrogens with zero attached hydrogens (tertiary/aromatic N) is 2. The zero-order valence-corrected chi connectivity index (χ0v) is 16.3. The van der Waals surface area contributed by atoms with Gasteiger partial charge in [0.15, 0.2) is 5.82 Å². The highest BCUT2D eigenvalue weighted by atomic mass is 35.5. The highest BCUT2D eigenvalue weighted by Gasteiger charge is 2.14. The van der Waals surface area contributed by atoms with Crippen molar-refractivity contribution in [3.63, 3.8) is 0 Å². The molecule has 140 valence electrons. The number of phenols is 1. The molecule has 0 radical (unpaired) electrons. The monoisotopic (exact) mass is 402 g/mol. The molecule has 1 atom stereocenters. The molecule has 0 spiro atoms. The van der Waals surface area contributed by atoms with E-state index in [2.05, 4.69) is 15.3 Å². The molecule has 7 heteroatoms. The van der Waals surface area contributed by atoms with Crippen molar-refractivity contribution >= 4 is 29.0 Å². The van der Waals surface area contributed by atoms with Crippen molar-refractivity contribution in [2.24, 2.45) is 5.73 Å². The molecule has 27 heavy (non-hydrogen) atoms. The summed E-state index contributed by atoms with van der Waals surface area (Å²) in [5, 5.41) is 14.6. The Bertz CT molecular complexity index is 932. The first kappa shape index (κ1) is 19.4. The lowest BCUT2D eigenvalue weighted by molar-refractivity contribution is 0.477. The molecule has 2 aromatic carbocycles. The molecule has 1 aromatic heterocycles. The fourth-order valence-electron chi connectivity index (χ4n) is 2.55. The molecule has 3 rings (SSSR count). The molecule has 5 nitrogen and oxygen atoms in total. The number of nitrogens with one attached hydrogen (secondary N) is 1. The Morgan fingerprint density at radius 1 is 1.07 bits per heavy atom. The van der Waals surface area contributed by atoms with Crippen molar-refractivity contribution in [3.05, 3.63) is 58.7 Å². The van der Waals surface area contributed by atoms with Crippen LogP contribution < -0.4 is 11.1 Å². The van der Waals surface area contributed by atoms with Gasteiger partial charge in [-0.2, -0.15) is 0 Å². The molecule has 4 N–H and O–H groups in total. The Morgan fingerprint density at radius 3 is 2.48 bits per heavy atom. The summed E-state index contributed by atoms with van der Waals surface area (Å²) < 4.78 is 0. The van der Waals surface area contributed by atoms with E-state index in [0.29, 0.717) is 33.8 Å². The SMILES string of the molecule is CCC(N)CNc1nc(-c2cc(Cl)ccc2O)ncc1-c1ccc(Cl)cc1. The van der Waals surface area contributed by atoms with Crippen molar-refractivity contribution in [1.29, 1.82) is 0 Å². The van der Waals surface area contributed by atoms with Gasteiger partial charge in [0.25, 0.3) is 0 Å². The number of aromatic hydroxyl groups is 1. The highest BCUT2D eigenvalue weighted by Crippen LogP contribution is 2.33. The first-order chi connectivity index (χ1) is 13.0. The zero-order valence-electron chi connectivity index (χ0n) is 14.8. The van der Waals surface area contributed by atoms with Crippen LogP contribution in [0.25, 0.3) is 22.5 Å². The molecule has 1 heterocycles. The van der Waals surface area contributed by atoms with Gasteiger partial charge in [-0.25, -0.2) is 9.97 Å². The lowest BCUT2D eigenvalue weighted by atomic mass is 10.1. The second-order valence-electron chi connectivity index (χ2n) is 6.17. The van der Waals surface area contributed by atoms with Crippen molar-refractivity contribution in [2.75, 3.05) is 11.9 Å². The van der Waals surface area contributed by atoms with Crippen molar-refractivity contribution in [1.82, 2.24) is 9.97 Å². The number of hydrogen-bond donors (Lipinski definition) is 3. The van der Waals surface area contributed by atoms with Gasteiger partial charge >= 0.3 is 0 Å². The summed E-state index contributed by atoms with van der Waals surface area (Å²) in [7, 11) is 0. The van der Waals surface area contributed by atoms with Gasteiger partial charge in [-0.05, 0) is 42.3 Å². The third-order valence-corrected chi connectivity index (χ3v) is 4.69. The number of benzene rings is 2. The Kier molecular flexibility index (Phi) is 6.16. The van der Waals surface area contributed by atoms with Gasteiger partial charge in [0.2, 0.25) is 0 Å². The number of nitrogens with two attached hydrogens (primary N) is 1. The lowest BCUT2D eigenvalue weighted by Crippen LogP contribution is -2.28. The van der Waals surface area contributed by atoms with Crippen molar-refractivity contribution < 1.29 is 5.11 Å². The normalized spacial score (nSPS) is 12.0. The van der Waals surface area contributed by atoms with Crippen LogP contribution >= 0.6 is 23.2 Å². The maximum atomic E-state index is 10.2. The van der Waals surface area contributed by atoms with E-state index in [9.17, 15) is 5.11 Å². The van der Waals surface area contributed by atoms with Gasteiger partial charge in [0.05, 0.1) is 5.56 Å². The molecule has 0 aliphatic rings. The topological polar surface area (TPSA) is 84.1 Å². The van der Waals surface area contributed by atoms with Gasteiger partial charge in [-0.1, -0.05) is 42.3 Å². The number of halogens is 2. The Labute approximate surface area is 168 Å². The summed E-state index contributed by atoms with van der Waals surface area (Å²) in [6.45, 7) is 2.59. The van der Waals surface area contributed by atoms with Gasteiger partial charge in [0.1, 0.15) is 11.6 Å². The summed E-state index contributed by atoms with van der Waals surface area (Å²) >= 11 is 12.1. The quantitative estimate of drug-likeness (QED) is 0.541. The minimum Gasteiger partial charge on any atom is -0.507 e. The predicted octanol–water partition coefficient (Wildman–Crippen LogP) is 4.97. The molecule has 0 fully saturated rings. The minimum absolute atomic E-state index is 0.000977. The van der Waals surface area contributed by atoms with E-state index in [1.165, 1.54) is 6.07 Å². The Morgan fingerprint density at radius 2 is 1.78 bits per heavy atom. The summed E-state index contributed by atoms with van der Waals surface area (Å²) in [4.78, 5) is 9.04. The molecule has 0 bridgehead atoms. The molecular weight excluding hydrogens is 383 g/mol. The number of hydrogen-bond acceptors (Lipinski definition) is 5. The van der Waals surface area contributed by atoms with Crippen LogP contribution in [0.5, 0.6) is 5.75 Å². The number of phenolic OH excluding ortho intramolecular Hbond substituents is 1. The molecular formula is C20H20Cl2N4O. The first-order valence-corrected chi connectivity index (χ1v) is 9.35. The Hall–Kier alpha value is -2.34. The van der Waals surface area contributed by atoms with E-state index < -0.39 is 0 Å². The summed E-state index contributed by atoms with van der Waals surface area (Å²) in [6, 6.07) is 12.2. The summed E-state index contributed by atoms with van der Waals surface area (Å²) in [6.07, 6.45) is 2.56. The van der Waals surface area contributed by atoms with Gasteiger partial charge in [0, 0.05) is 34.4 Å². The van der Waals surface area contributed by atoms with Crippen molar-refractivity contribution in [3.8, 4) is 28.3 Å². The molecule has 0 saturated heterocycles. The van der Waals surface area contributed by atoms with E-state index in [-0.39, 0.29) is 11.8 Å². The van der Waals surface area contributed by atoms with Crippen LogP contribution in [0.3, 0.4) is 0 Å². The van der Waals surface area contributed by atoms with Crippen LogP contribution in [0.4, 0.5) is 5.82 Å². The average molecular weight is 403 g/mol. The van der Waals surface area contributed by atoms with E-state index in [1.54, 1.807) is 18.3 Å². The molecule has 0 aliphatic heterocycles. The van der Waals surface area contributed by atoms with E-state index >= 15 is 0 Å². The number of rotatable bonds is 6. The van der Waals surface area contributed by atoms with E-state index in [4.69, 9.17) is 28.9 Å². The largest absolute Gasteiger partial charge is 0.507 e. The predicted molar refractivity (Wildman–Crippen MR) is 111 cm³/mol. The van der Waals surface area contributed by atoms with Gasteiger partial charge < -0.3 is 16.2 Å². The summed E-state index contributed by atoms with van der Waals surface area (Å²) in [5.41, 5.74) is 8.25. The van der Waals surface area contributed by atoms with Crippen LogP contribution in [0.2, 0.25) is 10.0 Å². The Balaban J connectivity index is 2.05. The fourth-order valence-corrected chi connectivity index (χ4v) is 2.84. The smallest absolute Gasteiger partial charge is 0.165 e. The van der Waals surface area contributed by atoms with Crippen molar-refractivity contribution in [2.45, 2.75) is 19.4 Å². The fraction of sp³-hybridized carbons (Fsp3) is 0.200. The second kappa shape index (κ2) is 8.57. The number of anilines is 1. The zero-order chi connectivity index (χ0) is 19.4. The van der Waals surface area contributed by atoms with E-state index in [1.807, 2.05) is 31.2 Å². The molecule has 0 saturated carbocycles. The average Bonchev–Trinajstić information content (AvgIpc) is 2.68. The van der Waals surface area contributed by atoms with Crippen LogP contribution in [0, 0.1) is 0 Å². The molecule has 0 amide bonds. The van der Waals surface area contributed by atoms with E-state index in [0.717, 1.165) is 17.5 Å². The van der Waals surface area contributed by atoms with Crippen LogP contribution in [-0.2, 0) is 0 Å². The number of aromatic nitrogens is 2. The minimum atomic E-state index is 0.000977. The van der Waals surface area contributed by atoms with Gasteiger partial charge in [-0.15, -0.1) is 0 Å². The molecule has 0 aliphatic carbocycles. The van der Waals surface area contributed by atoms with Crippen LogP contribution in [0.15, 0.2) is 48.7 Å². The lowest BCUT2D eigenvalue weighted by Gasteiger charge is -2.15. The first-order valence-electron chi connectivity index (χ1n) is 8.59. The van der Waals surface area contributed by atoms with Gasteiger partial charge in [-0.3, -0.25) is 0 Å². The standard InChI is InChI=1S/C20H20Cl2N4O/c1-2-15(23)10-24-20-17(12-3-5-13(21)6-4-12)11-25-19(26-20)16-9-14(22)7-8-18(16)27/h3-9,11,15,27H,2,10,23H2,1H3,(H,24,25,26).